The van der Waals surface area contributed by atoms with Gasteiger partial charge in [-0.2, -0.15) is 0 Å². The van der Waals surface area contributed by atoms with Crippen LogP contribution in [0, 0.1) is 0 Å². The lowest BCUT2D eigenvalue weighted by Gasteiger charge is -1.99. The smallest absolute Gasteiger partial charge is 0.417 e. The largest absolute Gasteiger partial charge is 0.452 e. The molecule has 0 saturated heterocycles. The van der Waals surface area contributed by atoms with E-state index in [0.29, 0.717) is 0 Å². The van der Waals surface area contributed by atoms with E-state index < -0.39 is 6.09 Å². The van der Waals surface area contributed by atoms with Crippen LogP contribution >= 0.6 is 12.1 Å². The fraction of sp³-hybridized carbons (Fsp3) is 0.750. The van der Waals surface area contributed by atoms with Crippen molar-refractivity contribution < 1.29 is 9.53 Å². The van der Waals surface area contributed by atoms with Crippen molar-refractivity contribution >= 4 is 18.2 Å². The molecule has 0 radical (unpaired) electrons. The quantitative estimate of drug-likeness (QED) is 0.455. The summed E-state index contributed by atoms with van der Waals surface area (Å²) in [4.78, 5) is 10.3. The van der Waals surface area contributed by atoms with Crippen LogP contribution in [0.5, 0.6) is 0 Å². The van der Waals surface area contributed by atoms with E-state index in [1.54, 1.807) is 0 Å². The number of rotatable bonds is 3. The first-order valence-corrected chi connectivity index (χ1v) is 3.35. The predicted molar refractivity (Wildman–Crippen MR) is 36.8 cm³/mol. The molecule has 0 heterocycles. The van der Waals surface area contributed by atoms with Gasteiger partial charge in [0.05, 0.1) is 7.11 Å². The van der Waals surface area contributed by atoms with E-state index in [0.717, 1.165) is 18.7 Å². The fourth-order valence-corrected chi connectivity index (χ4v) is 0.575. The van der Waals surface area contributed by atoms with Gasteiger partial charge >= 0.3 is 6.09 Å². The Labute approximate surface area is 58.6 Å². The van der Waals surface area contributed by atoms with Crippen LogP contribution in [-0.4, -0.2) is 19.7 Å². The van der Waals surface area contributed by atoms with Crippen molar-refractivity contribution in [3.63, 3.8) is 0 Å². The first kappa shape index (κ1) is 8.58. The van der Waals surface area contributed by atoms with Crippen LogP contribution in [0.25, 0.3) is 0 Å². The summed E-state index contributed by atoms with van der Waals surface area (Å²) in [5.41, 5.74) is 0. The summed E-state index contributed by atoms with van der Waals surface area (Å²) in [5, 5.41) is 0. The Bertz CT molecular complexity index is 88.6. The first-order chi connectivity index (χ1) is 4.31. The van der Waals surface area contributed by atoms with Gasteiger partial charge in [-0.25, -0.2) is 9.52 Å². The standard InChI is InChI=1S/C4H10N2O2S/c1-3-5-9-6-4(7)8-2/h5H,3H2,1-2H3,(H,6,7). The van der Waals surface area contributed by atoms with Gasteiger partial charge in [-0.1, -0.05) is 6.92 Å². The lowest BCUT2D eigenvalue weighted by atomic mass is 10.8. The van der Waals surface area contributed by atoms with Crippen molar-refractivity contribution in [2.45, 2.75) is 6.92 Å². The highest BCUT2D eigenvalue weighted by Gasteiger charge is 1.93. The zero-order valence-electron chi connectivity index (χ0n) is 5.43. The molecule has 0 bridgehead atoms. The number of ether oxygens (including phenoxy) is 1. The van der Waals surface area contributed by atoms with Gasteiger partial charge in [0.1, 0.15) is 0 Å². The van der Waals surface area contributed by atoms with Gasteiger partial charge in [-0.05, 0) is 0 Å². The Morgan fingerprint density at radius 2 is 2.44 bits per heavy atom. The molecule has 0 rings (SSSR count). The van der Waals surface area contributed by atoms with Crippen molar-refractivity contribution in [3.05, 3.63) is 0 Å². The van der Waals surface area contributed by atoms with Crippen LogP contribution in [0.4, 0.5) is 4.79 Å². The van der Waals surface area contributed by atoms with Crippen LogP contribution in [-0.2, 0) is 4.74 Å². The van der Waals surface area contributed by atoms with Crippen LogP contribution in [0.15, 0.2) is 0 Å². The number of carbonyl (C=O) groups is 1. The predicted octanol–water partition coefficient (Wildman–Crippen LogP) is 0.515. The van der Waals surface area contributed by atoms with Crippen LogP contribution in [0.3, 0.4) is 0 Å². The average Bonchev–Trinajstić information content (AvgIpc) is 1.89. The molecule has 0 unspecified atom stereocenters. The molecule has 0 saturated carbocycles. The third kappa shape index (κ3) is 5.45. The summed E-state index contributed by atoms with van der Waals surface area (Å²) in [6.07, 6.45) is -0.444. The summed E-state index contributed by atoms with van der Waals surface area (Å²) in [6, 6.07) is 0. The van der Waals surface area contributed by atoms with Gasteiger partial charge in [-0.15, -0.1) is 0 Å². The van der Waals surface area contributed by atoms with E-state index in [1.807, 2.05) is 6.92 Å². The maximum atomic E-state index is 10.3. The molecule has 2 N–H and O–H groups in total. The molecule has 9 heavy (non-hydrogen) atoms. The summed E-state index contributed by atoms with van der Waals surface area (Å²) < 4.78 is 9.48. The molecule has 5 heteroatoms. The molecule has 0 aliphatic heterocycles. The monoisotopic (exact) mass is 150 g/mol. The molecular weight excluding hydrogens is 140 g/mol. The van der Waals surface area contributed by atoms with Crippen molar-refractivity contribution in [3.8, 4) is 0 Å². The van der Waals surface area contributed by atoms with E-state index in [-0.39, 0.29) is 0 Å². The normalized spacial score (nSPS) is 8.67. The van der Waals surface area contributed by atoms with Crippen molar-refractivity contribution in [1.82, 2.24) is 9.44 Å². The maximum Gasteiger partial charge on any atom is 0.417 e. The Morgan fingerprint density at radius 1 is 1.78 bits per heavy atom. The Morgan fingerprint density at radius 3 is 2.89 bits per heavy atom. The van der Waals surface area contributed by atoms with E-state index in [1.165, 1.54) is 7.11 Å². The van der Waals surface area contributed by atoms with Gasteiger partial charge in [0, 0.05) is 18.7 Å². The molecule has 0 spiro atoms. The van der Waals surface area contributed by atoms with Crippen LogP contribution in [0.1, 0.15) is 6.92 Å². The molecule has 0 fully saturated rings. The topological polar surface area (TPSA) is 50.4 Å². The first-order valence-electron chi connectivity index (χ1n) is 2.54. The minimum Gasteiger partial charge on any atom is -0.452 e. The molecule has 0 aromatic heterocycles. The molecule has 0 aromatic carbocycles. The minimum atomic E-state index is -0.444. The number of nitrogens with one attached hydrogen (secondary N) is 2. The van der Waals surface area contributed by atoms with Gasteiger partial charge in [0.25, 0.3) is 0 Å². The second-order valence-corrected chi connectivity index (χ2v) is 1.89. The van der Waals surface area contributed by atoms with Gasteiger partial charge in [0.2, 0.25) is 0 Å². The zero-order chi connectivity index (χ0) is 7.11. The average molecular weight is 150 g/mol. The minimum absolute atomic E-state index is 0.444. The number of carbonyl (C=O) groups excluding carboxylic acids is 1. The van der Waals surface area contributed by atoms with Gasteiger partial charge in [-0.3, -0.25) is 4.72 Å². The summed E-state index contributed by atoms with van der Waals surface area (Å²) >= 11 is 1.11. The van der Waals surface area contributed by atoms with Crippen LogP contribution < -0.4 is 9.44 Å². The second-order valence-electron chi connectivity index (χ2n) is 1.19. The molecule has 0 aliphatic rings. The van der Waals surface area contributed by atoms with Gasteiger partial charge < -0.3 is 4.74 Å². The van der Waals surface area contributed by atoms with E-state index in [9.17, 15) is 4.79 Å². The van der Waals surface area contributed by atoms with Crippen molar-refractivity contribution in [2.75, 3.05) is 13.7 Å². The summed E-state index contributed by atoms with van der Waals surface area (Å²) in [5.74, 6) is 0. The Hall–Kier alpha value is -0.420. The van der Waals surface area contributed by atoms with Crippen molar-refractivity contribution in [2.24, 2.45) is 0 Å². The number of amides is 1. The number of methoxy groups -OCH3 is 1. The van der Waals surface area contributed by atoms with E-state index in [2.05, 4.69) is 14.2 Å². The Balaban J connectivity index is 2.97. The SMILES string of the molecule is CCNSNC(=O)OC. The molecule has 4 nitrogen and oxygen atoms in total. The third-order valence-corrected chi connectivity index (χ3v) is 1.24. The highest BCUT2D eigenvalue weighted by atomic mass is 32.2. The number of hydrogen-bond acceptors (Lipinski definition) is 4. The van der Waals surface area contributed by atoms with Crippen LogP contribution in [0.2, 0.25) is 0 Å². The fourth-order valence-electron chi connectivity index (χ4n) is 0.192. The Kier molecular flexibility index (Phi) is 5.45. The van der Waals surface area contributed by atoms with Crippen molar-refractivity contribution in [1.29, 1.82) is 0 Å². The second kappa shape index (κ2) is 5.71. The van der Waals surface area contributed by atoms with E-state index >= 15 is 0 Å². The zero-order valence-corrected chi connectivity index (χ0v) is 6.25. The lowest BCUT2D eigenvalue weighted by molar-refractivity contribution is 0.178. The lowest BCUT2D eigenvalue weighted by Crippen LogP contribution is -2.20. The molecule has 0 aliphatic carbocycles. The molecule has 1 amide bonds. The van der Waals surface area contributed by atoms with Gasteiger partial charge in [0.15, 0.2) is 0 Å². The molecule has 0 aromatic rings. The molecule has 0 atom stereocenters. The summed E-state index contributed by atoms with van der Waals surface area (Å²) in [7, 11) is 1.32. The summed E-state index contributed by atoms with van der Waals surface area (Å²) in [6.45, 7) is 2.74. The third-order valence-electron chi connectivity index (χ3n) is 0.536. The number of hydrogen-bond donors (Lipinski definition) is 2. The highest BCUT2D eigenvalue weighted by molar-refractivity contribution is 7.96. The maximum absolute atomic E-state index is 10.3. The highest BCUT2D eigenvalue weighted by Crippen LogP contribution is 1.83. The molecular formula is C4H10N2O2S. The molecule has 54 valence electrons. The van der Waals surface area contributed by atoms with E-state index in [4.69, 9.17) is 0 Å².